The normalized spacial score (nSPS) is 29.2. The fourth-order valence-corrected chi connectivity index (χ4v) is 5.30. The number of aliphatic hydroxyl groups excluding tert-OH is 1. The number of imide groups is 1. The van der Waals surface area contributed by atoms with Crippen LogP contribution in [0.15, 0.2) is 30.3 Å². The first-order chi connectivity index (χ1) is 17.4. The van der Waals surface area contributed by atoms with E-state index in [9.17, 15) is 24.1 Å². The van der Waals surface area contributed by atoms with Crippen LogP contribution in [0.2, 0.25) is 0 Å². The lowest BCUT2D eigenvalue weighted by atomic mass is 10.1. The minimum atomic E-state index is -4.34. The molecule has 0 aromatic heterocycles. The van der Waals surface area contributed by atoms with E-state index in [4.69, 9.17) is 30.1 Å². The number of esters is 1. The third-order valence-corrected chi connectivity index (χ3v) is 7.78. The summed E-state index contributed by atoms with van der Waals surface area (Å²) < 4.78 is 50.5. The predicted octanol–water partition coefficient (Wildman–Crippen LogP) is 2.44. The molecule has 2 aliphatic rings. The molecule has 0 radical (unpaired) electrons. The van der Waals surface area contributed by atoms with Crippen molar-refractivity contribution in [1.29, 1.82) is 0 Å². The predicted molar refractivity (Wildman–Crippen MR) is 128 cm³/mol. The third-order valence-electron chi connectivity index (χ3n) is 5.72. The van der Waals surface area contributed by atoms with E-state index in [1.54, 1.807) is 25.1 Å². The smallest absolute Gasteiger partial charge is 0.459 e. The van der Waals surface area contributed by atoms with E-state index < -0.39 is 61.9 Å². The van der Waals surface area contributed by atoms with Crippen LogP contribution in [0, 0.1) is 0 Å². The summed E-state index contributed by atoms with van der Waals surface area (Å²) >= 11 is 5.90. The number of alkyl halides is 2. The maximum Gasteiger partial charge on any atom is 0.459 e. The summed E-state index contributed by atoms with van der Waals surface area (Å²) in [5, 5.41) is 12.0. The zero-order chi connectivity index (χ0) is 27.4. The number of carbonyl (C=O) groups is 3. The van der Waals surface area contributed by atoms with Crippen LogP contribution >= 0.6 is 19.3 Å². The summed E-state index contributed by atoms with van der Waals surface area (Å²) in [4.78, 5) is 36.8. The molecule has 0 spiro atoms. The largest absolute Gasteiger partial charge is 0.462 e. The molecule has 1 aromatic carbocycles. The van der Waals surface area contributed by atoms with Gasteiger partial charge in [0, 0.05) is 13.0 Å². The Bertz CT molecular complexity index is 1030. The monoisotopic (exact) mass is 565 g/mol. The van der Waals surface area contributed by atoms with Crippen LogP contribution in [0.5, 0.6) is 5.75 Å². The van der Waals surface area contributed by atoms with Crippen molar-refractivity contribution in [2.45, 2.75) is 69.3 Å². The number of aliphatic hydroxyl groups is 1. The molecule has 1 unspecified atom stereocenters. The first-order valence-corrected chi connectivity index (χ1v) is 13.6. The first kappa shape index (κ1) is 29.3. The Kier molecular flexibility index (Phi) is 9.54. The summed E-state index contributed by atoms with van der Waals surface area (Å²) in [6.45, 7) is 4.03. The zero-order valence-electron chi connectivity index (χ0n) is 20.5. The first-order valence-electron chi connectivity index (χ1n) is 11.7. The number of nitrogens with zero attached hydrogens (tertiary/aromatic N) is 1. The molecular weight excluding hydrogens is 536 g/mol. The van der Waals surface area contributed by atoms with E-state index in [-0.39, 0.29) is 24.8 Å². The van der Waals surface area contributed by atoms with Crippen LogP contribution in [-0.4, -0.2) is 76.8 Å². The van der Waals surface area contributed by atoms with Crippen molar-refractivity contribution in [3.05, 3.63) is 30.3 Å². The highest BCUT2D eigenvalue weighted by atomic mass is 35.5. The number of hydrogen-bond donors (Lipinski definition) is 3. The summed E-state index contributed by atoms with van der Waals surface area (Å²) in [7, 11) is -4.34. The number of benzene rings is 1. The van der Waals surface area contributed by atoms with Gasteiger partial charge in [0.15, 0.2) is 6.23 Å². The molecule has 37 heavy (non-hydrogen) atoms. The minimum absolute atomic E-state index is 0.121. The Labute approximate surface area is 218 Å². The number of ether oxygens (including phenoxy) is 2. The number of para-hydroxylation sites is 1. The van der Waals surface area contributed by atoms with Gasteiger partial charge in [0.1, 0.15) is 24.0 Å². The maximum atomic E-state index is 15.3. The number of amides is 3. The highest BCUT2D eigenvalue weighted by Crippen LogP contribution is 2.47. The van der Waals surface area contributed by atoms with Gasteiger partial charge in [-0.3, -0.25) is 24.3 Å². The highest BCUT2D eigenvalue weighted by molar-refractivity contribution is 7.52. The van der Waals surface area contributed by atoms with Crippen molar-refractivity contribution in [2.24, 2.45) is 0 Å². The molecule has 206 valence electrons. The van der Waals surface area contributed by atoms with Gasteiger partial charge < -0.3 is 19.1 Å². The van der Waals surface area contributed by atoms with Gasteiger partial charge >= 0.3 is 19.7 Å². The maximum absolute atomic E-state index is 15.3. The lowest BCUT2D eigenvalue weighted by Gasteiger charge is -2.34. The Hall–Kier alpha value is -2.28. The van der Waals surface area contributed by atoms with Crippen LogP contribution in [0.1, 0.15) is 33.6 Å². The molecule has 2 heterocycles. The lowest BCUT2D eigenvalue weighted by Crippen LogP contribution is -2.58. The van der Waals surface area contributed by atoms with E-state index in [0.29, 0.717) is 6.42 Å². The van der Waals surface area contributed by atoms with Gasteiger partial charge in [0.25, 0.3) is 5.13 Å². The summed E-state index contributed by atoms with van der Waals surface area (Å²) in [6.07, 6.45) is -5.20. The molecule has 2 fully saturated rings. The molecule has 0 aliphatic carbocycles. The van der Waals surface area contributed by atoms with E-state index >= 15 is 4.39 Å². The van der Waals surface area contributed by atoms with E-state index in [1.807, 2.05) is 12.2 Å². The van der Waals surface area contributed by atoms with Gasteiger partial charge in [-0.25, -0.2) is 13.8 Å². The van der Waals surface area contributed by atoms with Crippen LogP contribution in [0.25, 0.3) is 0 Å². The molecule has 3 N–H and O–H groups in total. The Morgan fingerprint density at radius 1 is 1.38 bits per heavy atom. The van der Waals surface area contributed by atoms with Crippen LogP contribution in [0.4, 0.5) is 9.18 Å². The van der Waals surface area contributed by atoms with E-state index in [2.05, 4.69) is 5.09 Å². The fourth-order valence-electron chi connectivity index (χ4n) is 3.49. The van der Waals surface area contributed by atoms with E-state index in [1.165, 1.54) is 19.1 Å². The highest BCUT2D eigenvalue weighted by Gasteiger charge is 2.60. The van der Waals surface area contributed by atoms with Gasteiger partial charge in [-0.05, 0) is 32.4 Å². The molecule has 3 rings (SSSR count). The Morgan fingerprint density at radius 3 is 2.68 bits per heavy atom. The second kappa shape index (κ2) is 12.1. The van der Waals surface area contributed by atoms with Crippen LogP contribution < -0.4 is 14.9 Å². The summed E-state index contributed by atoms with van der Waals surface area (Å²) in [5.74, 6) is -1.12. The van der Waals surface area contributed by atoms with Crippen molar-refractivity contribution >= 4 is 37.3 Å². The molecule has 2 saturated heterocycles. The summed E-state index contributed by atoms with van der Waals surface area (Å²) in [5.41, 5.74) is 0. The van der Waals surface area contributed by atoms with Gasteiger partial charge in [-0.15, -0.1) is 0 Å². The van der Waals surface area contributed by atoms with Crippen molar-refractivity contribution < 1.29 is 47.0 Å². The quantitative estimate of drug-likeness (QED) is 0.207. The standard InChI is InChI=1S/C22H30ClFN3O9P/c1-4-13(2)34-19(30)14(3)26-37(32,36-15-8-6-5-7-9-15)33-12-16-18(29)22(23,24)20(35-16)27-11-10-17(28)25-21(27)31/h5-9,13-14,16,18,20,29H,4,10-12H2,1-3H3,(H,26,32)(H,25,28,31)/t13-,14+,16-,18-,20-,22-,37?/m1/s1. The van der Waals surface area contributed by atoms with Gasteiger partial charge in [0.2, 0.25) is 5.91 Å². The second-order valence-electron chi connectivity index (χ2n) is 8.65. The third kappa shape index (κ3) is 7.18. The average molecular weight is 566 g/mol. The minimum Gasteiger partial charge on any atom is -0.462 e. The van der Waals surface area contributed by atoms with Crippen molar-refractivity contribution in [3.8, 4) is 5.75 Å². The zero-order valence-corrected chi connectivity index (χ0v) is 22.1. The molecule has 12 nitrogen and oxygen atoms in total. The second-order valence-corrected chi connectivity index (χ2v) is 10.9. The molecule has 1 aromatic rings. The molecule has 0 bridgehead atoms. The molecule has 0 saturated carbocycles. The van der Waals surface area contributed by atoms with Crippen LogP contribution in [-0.2, 0) is 28.2 Å². The Morgan fingerprint density at radius 2 is 2.05 bits per heavy atom. The Balaban J connectivity index is 1.74. The van der Waals surface area contributed by atoms with Gasteiger partial charge in [0.05, 0.1) is 12.7 Å². The van der Waals surface area contributed by atoms with Crippen molar-refractivity contribution in [2.75, 3.05) is 13.2 Å². The van der Waals surface area contributed by atoms with Crippen LogP contribution in [0.3, 0.4) is 0 Å². The average Bonchev–Trinajstić information content (AvgIpc) is 3.06. The van der Waals surface area contributed by atoms with Crippen molar-refractivity contribution in [3.63, 3.8) is 0 Å². The topological polar surface area (TPSA) is 153 Å². The lowest BCUT2D eigenvalue weighted by molar-refractivity contribution is -0.150. The number of carbonyl (C=O) groups excluding carboxylic acids is 3. The number of hydrogen-bond acceptors (Lipinski definition) is 9. The molecule has 7 atom stereocenters. The number of rotatable bonds is 11. The molecule has 2 aliphatic heterocycles. The number of halogens is 2. The molecule has 15 heteroatoms. The van der Waals surface area contributed by atoms with Crippen molar-refractivity contribution in [1.82, 2.24) is 15.3 Å². The molecular formula is C22H30ClFN3O9P. The number of urea groups is 1. The van der Waals surface area contributed by atoms with Gasteiger partial charge in [-0.2, -0.15) is 5.09 Å². The number of nitrogens with one attached hydrogen (secondary N) is 2. The fraction of sp³-hybridized carbons (Fsp3) is 0.591. The van der Waals surface area contributed by atoms with E-state index in [0.717, 1.165) is 4.90 Å². The summed E-state index contributed by atoms with van der Waals surface area (Å²) in [6, 6.07) is 5.87. The SMILES string of the molecule is CC[C@@H](C)OC(=O)[C@H](C)NP(=O)(OC[C@H]1O[C@@H](N2CCC(=O)NC2=O)[C@@](F)(Cl)[C@@H]1O)Oc1ccccc1. The van der Waals surface area contributed by atoms with Gasteiger partial charge in [-0.1, -0.05) is 36.7 Å². The molecule has 3 amide bonds.